The maximum absolute atomic E-state index is 12.3. The molecule has 0 aromatic heterocycles. The maximum atomic E-state index is 12.3. The Morgan fingerprint density at radius 2 is 1.85 bits per heavy atom. The molecule has 0 spiro atoms. The number of phenols is 2. The van der Waals surface area contributed by atoms with E-state index in [1.54, 1.807) is 18.2 Å². The van der Waals surface area contributed by atoms with Crippen LogP contribution in [0.4, 0.5) is 14.5 Å². The summed E-state index contributed by atoms with van der Waals surface area (Å²) in [7, 11) is 0. The molecule has 0 aliphatic heterocycles. The Hall–Kier alpha value is -2.50. The van der Waals surface area contributed by atoms with Crippen LogP contribution in [0.25, 0.3) is 0 Å². The minimum Gasteiger partial charge on any atom is -0.508 e. The second-order valence-corrected chi connectivity index (χ2v) is 4.04. The van der Waals surface area contributed by atoms with E-state index in [2.05, 4.69) is 10.1 Å². The van der Waals surface area contributed by atoms with Crippen molar-refractivity contribution in [2.45, 2.75) is 13.2 Å². The van der Waals surface area contributed by atoms with E-state index in [4.69, 9.17) is 0 Å². The molecule has 0 unspecified atom stereocenters. The molecule has 4 nitrogen and oxygen atoms in total. The predicted octanol–water partition coefficient (Wildman–Crippen LogP) is 3.31. The van der Waals surface area contributed by atoms with Gasteiger partial charge in [0.2, 0.25) is 0 Å². The summed E-state index contributed by atoms with van der Waals surface area (Å²) in [4.78, 5) is 0. The summed E-state index contributed by atoms with van der Waals surface area (Å²) in [5.41, 5.74) is 0.912. The van der Waals surface area contributed by atoms with Gasteiger partial charge in [-0.25, -0.2) is 0 Å². The summed E-state index contributed by atoms with van der Waals surface area (Å²) in [6, 6.07) is 10.4. The molecule has 0 saturated carbocycles. The first-order chi connectivity index (χ1) is 9.56. The van der Waals surface area contributed by atoms with E-state index < -0.39 is 6.61 Å². The lowest BCUT2D eigenvalue weighted by molar-refractivity contribution is -0.0493. The monoisotopic (exact) mass is 281 g/mol. The van der Waals surface area contributed by atoms with Crippen molar-refractivity contribution in [2.24, 2.45) is 0 Å². The zero-order valence-corrected chi connectivity index (χ0v) is 10.4. The Bertz CT molecular complexity index is 590. The number of nitrogens with one attached hydrogen (secondary N) is 1. The molecule has 0 radical (unpaired) electrons. The van der Waals surface area contributed by atoms with Crippen molar-refractivity contribution in [3.8, 4) is 17.2 Å². The van der Waals surface area contributed by atoms with Crippen LogP contribution in [0.2, 0.25) is 0 Å². The number of para-hydroxylation sites is 2. The second-order valence-electron chi connectivity index (χ2n) is 4.04. The molecule has 0 amide bonds. The van der Waals surface area contributed by atoms with Gasteiger partial charge in [0.15, 0.2) is 0 Å². The summed E-state index contributed by atoms with van der Waals surface area (Å²) in [6.07, 6.45) is 0. The van der Waals surface area contributed by atoms with Gasteiger partial charge >= 0.3 is 6.61 Å². The molecule has 2 aromatic carbocycles. The Kier molecular flexibility index (Phi) is 4.24. The standard InChI is InChI=1S/C14H13F2NO3/c15-14(16)20-13-4-2-1-3-11(13)17-8-9-5-6-10(18)7-12(9)19/h1-7,14,17-19H,8H2. The van der Waals surface area contributed by atoms with E-state index >= 15 is 0 Å². The summed E-state index contributed by atoms with van der Waals surface area (Å²) in [5, 5.41) is 21.7. The van der Waals surface area contributed by atoms with Crippen LogP contribution in [0.1, 0.15) is 5.56 Å². The fraction of sp³-hybridized carbons (Fsp3) is 0.143. The molecule has 106 valence electrons. The summed E-state index contributed by atoms with van der Waals surface area (Å²) in [5.74, 6) is -0.0989. The highest BCUT2D eigenvalue weighted by molar-refractivity contribution is 5.57. The average molecular weight is 281 g/mol. The molecule has 0 saturated heterocycles. The van der Waals surface area contributed by atoms with Gasteiger partial charge in [0, 0.05) is 18.2 Å². The molecule has 6 heteroatoms. The highest BCUT2D eigenvalue weighted by Gasteiger charge is 2.09. The van der Waals surface area contributed by atoms with Gasteiger partial charge in [-0.3, -0.25) is 0 Å². The first-order valence-electron chi connectivity index (χ1n) is 5.85. The second kappa shape index (κ2) is 6.10. The van der Waals surface area contributed by atoms with Crippen LogP contribution in [0.15, 0.2) is 42.5 Å². The molecule has 0 bridgehead atoms. The first kappa shape index (κ1) is 13.9. The van der Waals surface area contributed by atoms with Crippen LogP contribution in [0.5, 0.6) is 17.2 Å². The SMILES string of the molecule is Oc1ccc(CNc2ccccc2OC(F)F)c(O)c1. The zero-order valence-electron chi connectivity index (χ0n) is 10.4. The van der Waals surface area contributed by atoms with Crippen molar-refractivity contribution in [3.63, 3.8) is 0 Å². The largest absolute Gasteiger partial charge is 0.508 e. The minimum absolute atomic E-state index is 0.0285. The number of rotatable bonds is 5. The van der Waals surface area contributed by atoms with Crippen LogP contribution in [0.3, 0.4) is 0 Å². The van der Waals surface area contributed by atoms with E-state index in [1.807, 2.05) is 0 Å². The summed E-state index contributed by atoms with van der Waals surface area (Å²) < 4.78 is 28.9. The highest BCUT2D eigenvalue weighted by atomic mass is 19.3. The summed E-state index contributed by atoms with van der Waals surface area (Å²) in [6.45, 7) is -2.70. The molecule has 2 rings (SSSR count). The Balaban J connectivity index is 2.10. The number of ether oxygens (including phenoxy) is 1. The van der Waals surface area contributed by atoms with E-state index in [-0.39, 0.29) is 23.8 Å². The lowest BCUT2D eigenvalue weighted by Gasteiger charge is -2.13. The molecule has 0 fully saturated rings. The van der Waals surface area contributed by atoms with Crippen molar-refractivity contribution in [3.05, 3.63) is 48.0 Å². The van der Waals surface area contributed by atoms with Crippen molar-refractivity contribution >= 4 is 5.69 Å². The van der Waals surface area contributed by atoms with Gasteiger partial charge in [-0.1, -0.05) is 12.1 Å². The smallest absolute Gasteiger partial charge is 0.387 e. The maximum Gasteiger partial charge on any atom is 0.387 e. The average Bonchev–Trinajstić information content (AvgIpc) is 2.39. The number of phenolic OH excluding ortho intramolecular Hbond substituents is 2. The fourth-order valence-electron chi connectivity index (χ4n) is 1.70. The lowest BCUT2D eigenvalue weighted by Crippen LogP contribution is -2.06. The first-order valence-corrected chi connectivity index (χ1v) is 5.85. The van der Waals surface area contributed by atoms with Crippen LogP contribution >= 0.6 is 0 Å². The van der Waals surface area contributed by atoms with Crippen LogP contribution in [0, 0.1) is 0 Å². The number of benzene rings is 2. The lowest BCUT2D eigenvalue weighted by atomic mass is 10.2. The molecule has 0 atom stereocenters. The third-order valence-electron chi connectivity index (χ3n) is 2.64. The molecule has 0 aliphatic rings. The Morgan fingerprint density at radius 1 is 1.10 bits per heavy atom. The van der Waals surface area contributed by atoms with Gasteiger partial charge in [0.1, 0.15) is 17.2 Å². The predicted molar refractivity (Wildman–Crippen MR) is 70.2 cm³/mol. The normalized spacial score (nSPS) is 10.6. The van der Waals surface area contributed by atoms with Gasteiger partial charge in [-0.15, -0.1) is 0 Å². The third kappa shape index (κ3) is 3.50. The molecule has 0 aliphatic carbocycles. The van der Waals surface area contributed by atoms with Gasteiger partial charge in [-0.2, -0.15) is 8.78 Å². The molecular weight excluding hydrogens is 268 g/mol. The van der Waals surface area contributed by atoms with Gasteiger partial charge < -0.3 is 20.3 Å². The number of hydrogen-bond acceptors (Lipinski definition) is 4. The van der Waals surface area contributed by atoms with E-state index in [0.717, 1.165) is 0 Å². The van der Waals surface area contributed by atoms with Crippen molar-refractivity contribution in [2.75, 3.05) is 5.32 Å². The third-order valence-corrected chi connectivity index (χ3v) is 2.64. The quantitative estimate of drug-likeness (QED) is 0.787. The topological polar surface area (TPSA) is 61.7 Å². The van der Waals surface area contributed by atoms with E-state index in [0.29, 0.717) is 11.3 Å². The van der Waals surface area contributed by atoms with Gasteiger partial charge in [-0.05, 0) is 24.3 Å². The van der Waals surface area contributed by atoms with Crippen molar-refractivity contribution in [1.82, 2.24) is 0 Å². The molecule has 2 aromatic rings. The van der Waals surface area contributed by atoms with Crippen LogP contribution in [-0.2, 0) is 6.54 Å². The van der Waals surface area contributed by atoms with Crippen LogP contribution in [-0.4, -0.2) is 16.8 Å². The highest BCUT2D eigenvalue weighted by Crippen LogP contribution is 2.28. The Labute approximate surface area is 114 Å². The van der Waals surface area contributed by atoms with Crippen LogP contribution < -0.4 is 10.1 Å². The number of halogens is 2. The van der Waals surface area contributed by atoms with Gasteiger partial charge in [0.05, 0.1) is 5.69 Å². The summed E-state index contributed by atoms with van der Waals surface area (Å²) >= 11 is 0. The van der Waals surface area contributed by atoms with Crippen molar-refractivity contribution in [1.29, 1.82) is 0 Å². The molecule has 0 heterocycles. The fourth-order valence-corrected chi connectivity index (χ4v) is 1.70. The van der Waals surface area contributed by atoms with E-state index in [1.165, 1.54) is 24.3 Å². The number of hydrogen-bond donors (Lipinski definition) is 3. The van der Waals surface area contributed by atoms with Gasteiger partial charge in [0.25, 0.3) is 0 Å². The van der Waals surface area contributed by atoms with E-state index in [9.17, 15) is 19.0 Å². The molecule has 3 N–H and O–H groups in total. The number of aromatic hydroxyl groups is 2. The number of anilines is 1. The Morgan fingerprint density at radius 3 is 2.55 bits per heavy atom. The molecular formula is C14H13F2NO3. The number of alkyl halides is 2. The molecule has 20 heavy (non-hydrogen) atoms. The zero-order chi connectivity index (χ0) is 14.5. The minimum atomic E-state index is -2.90. The van der Waals surface area contributed by atoms with Crippen molar-refractivity contribution < 1.29 is 23.7 Å².